The van der Waals surface area contributed by atoms with Gasteiger partial charge in [-0.15, -0.1) is 0 Å². The van der Waals surface area contributed by atoms with Crippen LogP contribution in [-0.2, 0) is 0 Å². The van der Waals surface area contributed by atoms with Crippen LogP contribution in [0.25, 0.3) is 0 Å². The summed E-state index contributed by atoms with van der Waals surface area (Å²) in [5, 5.41) is 9.16. The van der Waals surface area contributed by atoms with Crippen molar-refractivity contribution in [3.05, 3.63) is 0 Å². The largest absolute Gasteiger partial charge is 0.393 e. The first kappa shape index (κ1) is 12.0. The van der Waals surface area contributed by atoms with Gasteiger partial charge in [-0.1, -0.05) is 13.8 Å². The van der Waals surface area contributed by atoms with Crippen molar-refractivity contribution >= 4 is 0 Å². The number of hydrogen-bond donors (Lipinski definition) is 1. The van der Waals surface area contributed by atoms with Crippen LogP contribution in [0.4, 0.5) is 0 Å². The lowest BCUT2D eigenvalue weighted by Crippen LogP contribution is -2.37. The molecule has 0 atom stereocenters. The van der Waals surface area contributed by atoms with Crippen molar-refractivity contribution in [2.45, 2.75) is 45.6 Å². The van der Waals surface area contributed by atoms with Gasteiger partial charge in [-0.3, -0.25) is 0 Å². The summed E-state index contributed by atoms with van der Waals surface area (Å²) in [6, 6.07) is 0. The second-order valence-electron chi connectivity index (χ2n) is 5.29. The van der Waals surface area contributed by atoms with E-state index in [2.05, 4.69) is 25.8 Å². The van der Waals surface area contributed by atoms with Crippen molar-refractivity contribution < 1.29 is 5.11 Å². The number of hydrogen-bond acceptors (Lipinski definition) is 2. The SMILES string of the molecule is CC(C)CCCN(C)CC1CC(O)C1. The third kappa shape index (κ3) is 4.43. The van der Waals surface area contributed by atoms with E-state index < -0.39 is 0 Å². The Labute approximate surface area is 88.3 Å². The molecular formula is C12H25NO. The van der Waals surface area contributed by atoms with E-state index in [0.29, 0.717) is 0 Å². The molecule has 1 N–H and O–H groups in total. The molecule has 0 aromatic rings. The summed E-state index contributed by atoms with van der Waals surface area (Å²) in [5.41, 5.74) is 0. The van der Waals surface area contributed by atoms with Crippen LogP contribution in [0.1, 0.15) is 39.5 Å². The molecule has 0 radical (unpaired) electrons. The second-order valence-corrected chi connectivity index (χ2v) is 5.29. The van der Waals surface area contributed by atoms with Crippen molar-refractivity contribution in [3.63, 3.8) is 0 Å². The third-order valence-electron chi connectivity index (χ3n) is 3.10. The predicted octanol–water partition coefficient (Wildman–Crippen LogP) is 2.13. The van der Waals surface area contributed by atoms with Crippen LogP contribution in [0.15, 0.2) is 0 Å². The van der Waals surface area contributed by atoms with Gasteiger partial charge >= 0.3 is 0 Å². The Morgan fingerprint density at radius 1 is 1.36 bits per heavy atom. The summed E-state index contributed by atoms with van der Waals surface area (Å²) >= 11 is 0. The average molecular weight is 199 g/mol. The molecule has 0 heterocycles. The summed E-state index contributed by atoms with van der Waals surface area (Å²) in [7, 11) is 2.20. The predicted molar refractivity (Wildman–Crippen MR) is 60.3 cm³/mol. The van der Waals surface area contributed by atoms with Crippen molar-refractivity contribution in [3.8, 4) is 0 Å². The van der Waals surface area contributed by atoms with Gasteiger partial charge in [0.25, 0.3) is 0 Å². The molecular weight excluding hydrogens is 174 g/mol. The van der Waals surface area contributed by atoms with Gasteiger partial charge in [0.15, 0.2) is 0 Å². The van der Waals surface area contributed by atoms with E-state index >= 15 is 0 Å². The Morgan fingerprint density at radius 2 is 2.00 bits per heavy atom. The van der Waals surface area contributed by atoms with E-state index in [4.69, 9.17) is 5.11 Å². The molecule has 0 saturated heterocycles. The zero-order valence-corrected chi connectivity index (χ0v) is 9.87. The van der Waals surface area contributed by atoms with Crippen LogP contribution in [0.2, 0.25) is 0 Å². The monoisotopic (exact) mass is 199 g/mol. The van der Waals surface area contributed by atoms with Gasteiger partial charge in [0.05, 0.1) is 6.10 Å². The molecule has 14 heavy (non-hydrogen) atoms. The lowest BCUT2D eigenvalue weighted by atomic mass is 9.82. The highest BCUT2D eigenvalue weighted by molar-refractivity contribution is 4.80. The van der Waals surface area contributed by atoms with Gasteiger partial charge in [0.2, 0.25) is 0 Å². The van der Waals surface area contributed by atoms with Crippen LogP contribution in [0.3, 0.4) is 0 Å². The Bertz CT molecular complexity index is 152. The highest BCUT2D eigenvalue weighted by Crippen LogP contribution is 2.27. The fraction of sp³-hybridized carbons (Fsp3) is 1.00. The number of aliphatic hydroxyl groups is 1. The highest BCUT2D eigenvalue weighted by atomic mass is 16.3. The van der Waals surface area contributed by atoms with E-state index in [1.165, 1.54) is 25.9 Å². The minimum absolute atomic E-state index is 0.00376. The van der Waals surface area contributed by atoms with Crippen LogP contribution in [-0.4, -0.2) is 36.2 Å². The molecule has 1 rings (SSSR count). The number of rotatable bonds is 6. The van der Waals surface area contributed by atoms with Crippen LogP contribution in [0.5, 0.6) is 0 Å². The first-order valence-corrected chi connectivity index (χ1v) is 5.94. The lowest BCUT2D eigenvalue weighted by molar-refractivity contribution is 0.0281. The summed E-state index contributed by atoms with van der Waals surface area (Å²) in [4.78, 5) is 2.42. The van der Waals surface area contributed by atoms with Crippen LogP contribution < -0.4 is 0 Å². The van der Waals surface area contributed by atoms with Gasteiger partial charge in [0, 0.05) is 6.54 Å². The topological polar surface area (TPSA) is 23.5 Å². The molecule has 0 bridgehead atoms. The number of nitrogens with zero attached hydrogens (tertiary/aromatic N) is 1. The normalized spacial score (nSPS) is 27.0. The standard InChI is InChI=1S/C12H25NO/c1-10(2)5-4-6-13(3)9-11-7-12(14)8-11/h10-12,14H,4-9H2,1-3H3. The van der Waals surface area contributed by atoms with Crippen molar-refractivity contribution in [1.29, 1.82) is 0 Å². The average Bonchev–Trinajstić information content (AvgIpc) is 2.00. The zero-order valence-electron chi connectivity index (χ0n) is 9.87. The van der Waals surface area contributed by atoms with Crippen molar-refractivity contribution in [2.75, 3.05) is 20.1 Å². The minimum atomic E-state index is 0.00376. The van der Waals surface area contributed by atoms with E-state index in [9.17, 15) is 0 Å². The Balaban J connectivity index is 1.96. The molecule has 0 unspecified atom stereocenters. The minimum Gasteiger partial charge on any atom is -0.393 e. The molecule has 0 spiro atoms. The third-order valence-corrected chi connectivity index (χ3v) is 3.10. The van der Waals surface area contributed by atoms with E-state index in [-0.39, 0.29) is 6.10 Å². The maximum absolute atomic E-state index is 9.16. The van der Waals surface area contributed by atoms with Gasteiger partial charge in [0.1, 0.15) is 0 Å². The molecule has 84 valence electrons. The summed E-state index contributed by atoms with van der Waals surface area (Å²) in [6.07, 6.45) is 4.69. The van der Waals surface area contributed by atoms with Crippen LogP contribution in [0, 0.1) is 11.8 Å². The van der Waals surface area contributed by atoms with Gasteiger partial charge in [-0.25, -0.2) is 0 Å². The highest BCUT2D eigenvalue weighted by Gasteiger charge is 2.27. The maximum atomic E-state index is 9.16. The van der Waals surface area contributed by atoms with E-state index in [1.54, 1.807) is 0 Å². The molecule has 0 aliphatic heterocycles. The lowest BCUT2D eigenvalue weighted by Gasteiger charge is -2.34. The molecule has 1 aliphatic carbocycles. The smallest absolute Gasteiger partial charge is 0.0546 e. The first-order valence-electron chi connectivity index (χ1n) is 5.94. The fourth-order valence-corrected chi connectivity index (χ4v) is 2.15. The van der Waals surface area contributed by atoms with E-state index in [1.807, 2.05) is 0 Å². The summed E-state index contributed by atoms with van der Waals surface area (Å²) < 4.78 is 0. The van der Waals surface area contributed by atoms with Crippen LogP contribution >= 0.6 is 0 Å². The molecule has 0 aromatic carbocycles. The first-order chi connectivity index (χ1) is 6.58. The van der Waals surface area contributed by atoms with Gasteiger partial charge < -0.3 is 10.0 Å². The van der Waals surface area contributed by atoms with Gasteiger partial charge in [-0.05, 0) is 51.1 Å². The molecule has 0 amide bonds. The van der Waals surface area contributed by atoms with Crippen molar-refractivity contribution in [1.82, 2.24) is 4.90 Å². The Kier molecular flexibility index (Phi) is 4.90. The molecule has 1 saturated carbocycles. The molecule has 0 aromatic heterocycles. The molecule has 2 nitrogen and oxygen atoms in total. The number of aliphatic hydroxyl groups excluding tert-OH is 1. The quantitative estimate of drug-likeness (QED) is 0.708. The molecule has 1 aliphatic rings. The van der Waals surface area contributed by atoms with Gasteiger partial charge in [-0.2, -0.15) is 0 Å². The molecule has 2 heteroatoms. The van der Waals surface area contributed by atoms with Crippen molar-refractivity contribution in [2.24, 2.45) is 11.8 Å². The maximum Gasteiger partial charge on any atom is 0.0546 e. The Hall–Kier alpha value is -0.0800. The zero-order chi connectivity index (χ0) is 10.6. The summed E-state index contributed by atoms with van der Waals surface area (Å²) in [6.45, 7) is 6.95. The summed E-state index contributed by atoms with van der Waals surface area (Å²) in [5.74, 6) is 1.59. The van der Waals surface area contributed by atoms with E-state index in [0.717, 1.165) is 24.7 Å². The Morgan fingerprint density at radius 3 is 2.50 bits per heavy atom. The fourth-order valence-electron chi connectivity index (χ4n) is 2.15. The second kappa shape index (κ2) is 5.72. The molecule has 1 fully saturated rings.